The monoisotopic (exact) mass is 455 g/mol. The van der Waals surface area contributed by atoms with Crippen LogP contribution in [0, 0.1) is 11.3 Å². The van der Waals surface area contributed by atoms with Crippen LogP contribution >= 0.6 is 0 Å². The predicted octanol–water partition coefficient (Wildman–Crippen LogP) is 5.15. The van der Waals surface area contributed by atoms with Gasteiger partial charge < -0.3 is 15.4 Å². The normalized spacial score (nSPS) is 10.7. The van der Waals surface area contributed by atoms with Gasteiger partial charge in [0, 0.05) is 11.1 Å². The number of nitrogens with zero attached hydrogens (tertiary/aromatic N) is 1. The Bertz CT molecular complexity index is 1280. The molecule has 3 rings (SSSR count). The van der Waals surface area contributed by atoms with E-state index in [1.54, 1.807) is 30.3 Å². The number of rotatable bonds is 5. The van der Waals surface area contributed by atoms with Gasteiger partial charge in [-0.2, -0.15) is 5.26 Å². The highest BCUT2D eigenvalue weighted by Crippen LogP contribution is 2.26. The first-order valence-corrected chi connectivity index (χ1v) is 10.6. The minimum atomic E-state index is -0.586. The minimum Gasteiger partial charge on any atom is -0.465 e. The second kappa shape index (κ2) is 10.0. The summed E-state index contributed by atoms with van der Waals surface area (Å²) in [7, 11) is 1.25. The van der Waals surface area contributed by atoms with Gasteiger partial charge in [-0.1, -0.05) is 39.0 Å². The summed E-state index contributed by atoms with van der Waals surface area (Å²) in [5.74, 6) is -1.45. The zero-order chi connectivity index (χ0) is 24.9. The van der Waals surface area contributed by atoms with Gasteiger partial charge in [-0.15, -0.1) is 0 Å². The summed E-state index contributed by atoms with van der Waals surface area (Å²) in [6.07, 6.45) is 0. The molecule has 0 aliphatic heterocycles. The fraction of sp³-hybridized carbons (Fsp3) is 0.185. The molecule has 0 atom stereocenters. The number of anilines is 2. The lowest BCUT2D eigenvalue weighted by atomic mass is 9.87. The summed E-state index contributed by atoms with van der Waals surface area (Å²) in [5, 5.41) is 14.6. The molecule has 0 saturated heterocycles. The topological polar surface area (TPSA) is 108 Å². The summed E-state index contributed by atoms with van der Waals surface area (Å²) >= 11 is 0. The maximum atomic E-state index is 12.9. The number of hydrogen-bond donors (Lipinski definition) is 2. The first-order valence-electron chi connectivity index (χ1n) is 10.6. The Morgan fingerprint density at radius 1 is 0.794 bits per heavy atom. The quantitative estimate of drug-likeness (QED) is 0.518. The van der Waals surface area contributed by atoms with Gasteiger partial charge in [0.1, 0.15) is 0 Å². The maximum Gasteiger partial charge on any atom is 0.337 e. The molecule has 0 heterocycles. The van der Waals surface area contributed by atoms with Crippen LogP contribution in [0.4, 0.5) is 11.4 Å². The molecule has 0 unspecified atom stereocenters. The van der Waals surface area contributed by atoms with Crippen LogP contribution < -0.4 is 10.6 Å². The highest BCUT2D eigenvalue weighted by molar-refractivity contribution is 6.10. The van der Waals surface area contributed by atoms with Crippen LogP contribution in [0.25, 0.3) is 0 Å². The van der Waals surface area contributed by atoms with E-state index in [9.17, 15) is 14.4 Å². The molecule has 3 aromatic rings. The van der Waals surface area contributed by atoms with Crippen LogP contribution in [-0.2, 0) is 10.2 Å². The number of benzene rings is 3. The van der Waals surface area contributed by atoms with Gasteiger partial charge in [0.05, 0.1) is 35.7 Å². The molecule has 0 aliphatic rings. The number of carbonyl (C=O) groups excluding carboxylic acids is 3. The number of amides is 2. The number of ether oxygens (including phenoxy) is 1. The molecule has 34 heavy (non-hydrogen) atoms. The largest absolute Gasteiger partial charge is 0.465 e. The van der Waals surface area contributed by atoms with E-state index in [-0.39, 0.29) is 28.1 Å². The SMILES string of the molecule is COC(=O)c1ccc(NC(=O)c2ccc(C(C)(C)C)cc2)c(NC(=O)c2cccc(C#N)c2)c1. The number of carbonyl (C=O) groups is 3. The van der Waals surface area contributed by atoms with Crippen LogP contribution in [0.3, 0.4) is 0 Å². The van der Waals surface area contributed by atoms with E-state index in [1.165, 1.54) is 31.4 Å². The zero-order valence-electron chi connectivity index (χ0n) is 19.4. The summed E-state index contributed by atoms with van der Waals surface area (Å²) in [6.45, 7) is 6.27. The van der Waals surface area contributed by atoms with Crippen LogP contribution in [0.15, 0.2) is 66.7 Å². The van der Waals surface area contributed by atoms with Gasteiger partial charge in [-0.05, 0) is 59.5 Å². The van der Waals surface area contributed by atoms with Crippen LogP contribution in [0.1, 0.15) is 63.0 Å². The standard InChI is InChI=1S/C27H25N3O4/c1-27(2,3)21-11-8-18(9-12-21)24(31)29-22-13-10-20(26(33)34-4)15-23(22)30-25(32)19-7-5-6-17(14-19)16-28/h5-15H,1-4H3,(H,29,31)(H,30,32). The number of methoxy groups -OCH3 is 1. The fourth-order valence-corrected chi connectivity index (χ4v) is 3.24. The van der Waals surface area contributed by atoms with Crippen molar-refractivity contribution in [2.45, 2.75) is 26.2 Å². The smallest absolute Gasteiger partial charge is 0.337 e. The van der Waals surface area contributed by atoms with Gasteiger partial charge in [-0.3, -0.25) is 9.59 Å². The Balaban J connectivity index is 1.90. The molecule has 0 aliphatic carbocycles. The molecule has 0 fully saturated rings. The van der Waals surface area contributed by atoms with E-state index in [0.29, 0.717) is 16.8 Å². The highest BCUT2D eigenvalue weighted by atomic mass is 16.5. The number of hydrogen-bond acceptors (Lipinski definition) is 5. The van der Waals surface area contributed by atoms with Crippen molar-refractivity contribution in [1.29, 1.82) is 5.26 Å². The molecule has 7 heteroatoms. The lowest BCUT2D eigenvalue weighted by Crippen LogP contribution is -2.18. The predicted molar refractivity (Wildman–Crippen MR) is 130 cm³/mol. The molecule has 7 nitrogen and oxygen atoms in total. The lowest BCUT2D eigenvalue weighted by molar-refractivity contribution is 0.0600. The van der Waals surface area contributed by atoms with Crippen LogP contribution in [0.5, 0.6) is 0 Å². The molecule has 0 bridgehead atoms. The van der Waals surface area contributed by atoms with Gasteiger partial charge in [0.15, 0.2) is 0 Å². The Kier molecular flexibility index (Phi) is 7.12. The molecule has 0 spiro atoms. The maximum absolute atomic E-state index is 12.9. The van der Waals surface area contributed by atoms with Crippen molar-refractivity contribution >= 4 is 29.2 Å². The van der Waals surface area contributed by atoms with Crippen molar-refractivity contribution in [3.05, 3.63) is 94.5 Å². The van der Waals surface area contributed by atoms with E-state index in [2.05, 4.69) is 31.4 Å². The molecule has 172 valence electrons. The van der Waals surface area contributed by atoms with Crippen molar-refractivity contribution in [2.24, 2.45) is 0 Å². The molecule has 3 aromatic carbocycles. The van der Waals surface area contributed by atoms with E-state index in [0.717, 1.165) is 5.56 Å². The van der Waals surface area contributed by atoms with Gasteiger partial charge in [0.25, 0.3) is 11.8 Å². The van der Waals surface area contributed by atoms with E-state index >= 15 is 0 Å². The Hall–Kier alpha value is -4.44. The first-order chi connectivity index (χ1) is 16.1. The third kappa shape index (κ3) is 5.67. The number of nitrogens with one attached hydrogen (secondary N) is 2. The third-order valence-electron chi connectivity index (χ3n) is 5.20. The van der Waals surface area contributed by atoms with Crippen LogP contribution in [-0.4, -0.2) is 24.9 Å². The van der Waals surface area contributed by atoms with Gasteiger partial charge in [0.2, 0.25) is 0 Å². The van der Waals surface area contributed by atoms with Crippen LogP contribution in [0.2, 0.25) is 0 Å². The van der Waals surface area contributed by atoms with Crippen molar-refractivity contribution in [3.63, 3.8) is 0 Å². The second-order valence-electron chi connectivity index (χ2n) is 8.68. The first kappa shape index (κ1) is 24.2. The Labute approximate surface area is 198 Å². The van der Waals surface area contributed by atoms with Crippen molar-refractivity contribution in [1.82, 2.24) is 0 Å². The minimum absolute atomic E-state index is 0.0426. The average molecular weight is 456 g/mol. The highest BCUT2D eigenvalue weighted by Gasteiger charge is 2.17. The molecule has 2 amide bonds. The summed E-state index contributed by atoms with van der Waals surface area (Å²) in [4.78, 5) is 37.7. The molecular weight excluding hydrogens is 430 g/mol. The van der Waals surface area contributed by atoms with E-state index < -0.39 is 11.9 Å². The molecule has 0 radical (unpaired) electrons. The Morgan fingerprint density at radius 3 is 2.03 bits per heavy atom. The second-order valence-corrected chi connectivity index (χ2v) is 8.68. The third-order valence-corrected chi connectivity index (χ3v) is 5.20. The van der Waals surface area contributed by atoms with Gasteiger partial charge >= 0.3 is 5.97 Å². The van der Waals surface area contributed by atoms with Crippen molar-refractivity contribution in [2.75, 3.05) is 17.7 Å². The molecule has 2 N–H and O–H groups in total. The fourth-order valence-electron chi connectivity index (χ4n) is 3.24. The van der Waals surface area contributed by atoms with Gasteiger partial charge in [-0.25, -0.2) is 4.79 Å². The lowest BCUT2D eigenvalue weighted by Gasteiger charge is -2.19. The van der Waals surface area contributed by atoms with Crippen molar-refractivity contribution in [3.8, 4) is 6.07 Å². The molecular formula is C27H25N3O4. The Morgan fingerprint density at radius 2 is 1.41 bits per heavy atom. The summed E-state index contributed by atoms with van der Waals surface area (Å²) in [6, 6.07) is 19.9. The summed E-state index contributed by atoms with van der Waals surface area (Å²) < 4.78 is 4.77. The molecule has 0 aromatic heterocycles. The number of nitriles is 1. The number of esters is 1. The average Bonchev–Trinajstić information content (AvgIpc) is 2.84. The summed E-state index contributed by atoms with van der Waals surface area (Å²) in [5.41, 5.74) is 2.83. The van der Waals surface area contributed by atoms with E-state index in [1.807, 2.05) is 18.2 Å². The van der Waals surface area contributed by atoms with E-state index in [4.69, 9.17) is 10.00 Å². The molecule has 0 saturated carbocycles. The van der Waals surface area contributed by atoms with Crippen molar-refractivity contribution < 1.29 is 19.1 Å². The zero-order valence-corrected chi connectivity index (χ0v) is 19.4.